The van der Waals surface area contributed by atoms with Crippen LogP contribution in [-0.4, -0.2) is 39.8 Å². The second-order valence-electron chi connectivity index (χ2n) is 7.74. The van der Waals surface area contributed by atoms with Crippen LogP contribution in [0.15, 0.2) is 64.8 Å². The van der Waals surface area contributed by atoms with Crippen molar-refractivity contribution in [3.63, 3.8) is 0 Å². The summed E-state index contributed by atoms with van der Waals surface area (Å²) in [6.07, 6.45) is 2.73. The number of amides is 1. The Bertz CT molecular complexity index is 1590. The smallest absolute Gasteiger partial charge is 0.359 e. The topological polar surface area (TPSA) is 143 Å². The molecule has 1 amide bonds. The van der Waals surface area contributed by atoms with E-state index in [0.717, 1.165) is 16.0 Å². The van der Waals surface area contributed by atoms with E-state index in [0.29, 0.717) is 23.6 Å². The Kier molecular flexibility index (Phi) is 7.92. The van der Waals surface area contributed by atoms with Gasteiger partial charge in [0.1, 0.15) is 10.8 Å². The van der Waals surface area contributed by atoms with Crippen LogP contribution in [0.25, 0.3) is 22.5 Å². The minimum Gasteiger partial charge on any atom is -0.494 e. The van der Waals surface area contributed by atoms with Gasteiger partial charge in [0.2, 0.25) is 5.91 Å². The highest BCUT2D eigenvalue weighted by Crippen LogP contribution is 2.31. The number of esters is 1. The molecule has 38 heavy (non-hydrogen) atoms. The third kappa shape index (κ3) is 5.60. The van der Waals surface area contributed by atoms with Gasteiger partial charge < -0.3 is 14.8 Å². The zero-order chi connectivity index (χ0) is 27.2. The number of fused-ring (bicyclic) bond motifs is 1. The average Bonchev–Trinajstić information content (AvgIpc) is 3.33. The van der Waals surface area contributed by atoms with Crippen molar-refractivity contribution in [2.45, 2.75) is 13.8 Å². The van der Waals surface area contributed by atoms with Crippen LogP contribution in [0.4, 0.5) is 10.7 Å². The van der Waals surface area contributed by atoms with Crippen LogP contribution in [0.1, 0.15) is 29.9 Å². The van der Waals surface area contributed by atoms with Crippen molar-refractivity contribution >= 4 is 50.8 Å². The first kappa shape index (κ1) is 26.2. The lowest BCUT2D eigenvalue weighted by atomic mass is 10.2. The summed E-state index contributed by atoms with van der Waals surface area (Å²) < 4.78 is 11.7. The third-order valence-corrected chi connectivity index (χ3v) is 6.18. The summed E-state index contributed by atoms with van der Waals surface area (Å²) in [6, 6.07) is 12.3. The Hall–Kier alpha value is -4.84. The Morgan fingerprint density at radius 2 is 1.82 bits per heavy atom. The van der Waals surface area contributed by atoms with Gasteiger partial charge in [0.25, 0.3) is 11.2 Å². The predicted octanol–water partition coefficient (Wildman–Crippen LogP) is 4.58. The highest BCUT2D eigenvalue weighted by molar-refractivity contribution is 7.16. The molecular weight excluding hydrogens is 512 g/mol. The van der Waals surface area contributed by atoms with Crippen molar-refractivity contribution in [3.05, 3.63) is 91.7 Å². The molecule has 0 spiro atoms. The molecule has 2 aromatic heterocycles. The SMILES string of the molecule is CCOC(=O)c1nn(-c2ccc(OCC)cc2)c(=O)c2c(NC(=O)/C=C/c3ccc([N+](=O)[O-])cc3)scc12. The molecule has 0 aliphatic carbocycles. The normalized spacial score (nSPS) is 11.0. The van der Waals surface area contributed by atoms with Gasteiger partial charge in [-0.2, -0.15) is 9.78 Å². The first-order valence-corrected chi connectivity index (χ1v) is 12.4. The molecule has 1 N–H and O–H groups in total. The number of carbonyl (C=O) groups excluding carboxylic acids is 2. The maximum Gasteiger partial charge on any atom is 0.359 e. The van der Waals surface area contributed by atoms with Gasteiger partial charge in [-0.3, -0.25) is 19.7 Å². The molecule has 0 bridgehead atoms. The van der Waals surface area contributed by atoms with Crippen molar-refractivity contribution in [1.82, 2.24) is 9.78 Å². The number of nitro groups is 1. The van der Waals surface area contributed by atoms with Gasteiger partial charge in [-0.15, -0.1) is 11.3 Å². The van der Waals surface area contributed by atoms with Crippen molar-refractivity contribution in [3.8, 4) is 11.4 Å². The molecule has 0 atom stereocenters. The molecule has 0 saturated carbocycles. The predicted molar refractivity (Wildman–Crippen MR) is 143 cm³/mol. The number of nitrogens with one attached hydrogen (secondary N) is 1. The number of ether oxygens (including phenoxy) is 2. The van der Waals surface area contributed by atoms with Gasteiger partial charge in [0, 0.05) is 29.0 Å². The Labute approximate surface area is 220 Å². The van der Waals surface area contributed by atoms with E-state index in [4.69, 9.17) is 9.47 Å². The van der Waals surface area contributed by atoms with Crippen LogP contribution in [0, 0.1) is 10.1 Å². The average molecular weight is 535 g/mol. The van der Waals surface area contributed by atoms with Gasteiger partial charge in [-0.05, 0) is 61.9 Å². The Morgan fingerprint density at radius 1 is 1.11 bits per heavy atom. The highest BCUT2D eigenvalue weighted by Gasteiger charge is 2.23. The Morgan fingerprint density at radius 3 is 2.45 bits per heavy atom. The van der Waals surface area contributed by atoms with Crippen LogP contribution in [0.5, 0.6) is 5.75 Å². The van der Waals surface area contributed by atoms with E-state index >= 15 is 0 Å². The number of thiophene rings is 1. The van der Waals surface area contributed by atoms with Crippen LogP contribution in [0.2, 0.25) is 0 Å². The second-order valence-corrected chi connectivity index (χ2v) is 8.62. The van der Waals surface area contributed by atoms with Gasteiger partial charge in [-0.25, -0.2) is 4.79 Å². The summed E-state index contributed by atoms with van der Waals surface area (Å²) in [6.45, 7) is 4.11. The minimum absolute atomic E-state index is 0.0616. The number of carbonyl (C=O) groups is 2. The fraction of sp³-hybridized carbons (Fsp3) is 0.154. The molecule has 4 rings (SSSR count). The number of non-ortho nitro benzene ring substituents is 1. The van der Waals surface area contributed by atoms with Gasteiger partial charge >= 0.3 is 5.97 Å². The maximum atomic E-state index is 13.5. The molecule has 0 saturated heterocycles. The number of nitrogens with zero attached hydrogens (tertiary/aromatic N) is 3. The van der Waals surface area contributed by atoms with Crippen molar-refractivity contribution < 1.29 is 24.0 Å². The summed E-state index contributed by atoms with van der Waals surface area (Å²) in [5, 5.41) is 19.9. The van der Waals surface area contributed by atoms with Gasteiger partial charge in [0.05, 0.1) is 29.2 Å². The van der Waals surface area contributed by atoms with Gasteiger partial charge in [0.15, 0.2) is 5.69 Å². The summed E-state index contributed by atoms with van der Waals surface area (Å²) in [4.78, 5) is 49.1. The Balaban J connectivity index is 1.71. The first-order valence-electron chi connectivity index (χ1n) is 11.5. The van der Waals surface area contributed by atoms with Crippen molar-refractivity contribution in [2.75, 3.05) is 18.5 Å². The zero-order valence-electron chi connectivity index (χ0n) is 20.4. The third-order valence-electron chi connectivity index (χ3n) is 5.28. The quantitative estimate of drug-likeness (QED) is 0.142. The molecule has 0 aliphatic rings. The van der Waals surface area contributed by atoms with Crippen LogP contribution in [0.3, 0.4) is 0 Å². The monoisotopic (exact) mass is 534 g/mol. The van der Waals surface area contributed by atoms with Crippen LogP contribution in [-0.2, 0) is 9.53 Å². The molecule has 12 heteroatoms. The largest absolute Gasteiger partial charge is 0.494 e. The second kappa shape index (κ2) is 11.5. The molecule has 11 nitrogen and oxygen atoms in total. The number of hydrogen-bond acceptors (Lipinski definition) is 9. The molecule has 2 heterocycles. The summed E-state index contributed by atoms with van der Waals surface area (Å²) >= 11 is 1.07. The van der Waals surface area contributed by atoms with E-state index in [1.165, 1.54) is 36.4 Å². The molecule has 2 aromatic carbocycles. The highest BCUT2D eigenvalue weighted by atomic mass is 32.1. The summed E-state index contributed by atoms with van der Waals surface area (Å²) in [5.41, 5.74) is 0.314. The van der Waals surface area contributed by atoms with Crippen LogP contribution >= 0.6 is 11.3 Å². The molecule has 194 valence electrons. The minimum atomic E-state index is -0.703. The molecule has 0 radical (unpaired) electrons. The lowest BCUT2D eigenvalue weighted by molar-refractivity contribution is -0.384. The lowest BCUT2D eigenvalue weighted by Gasteiger charge is -2.10. The molecule has 4 aromatic rings. The number of rotatable bonds is 9. The zero-order valence-corrected chi connectivity index (χ0v) is 21.2. The fourth-order valence-electron chi connectivity index (χ4n) is 3.55. The molecular formula is C26H22N4O7S. The molecule has 0 unspecified atom stereocenters. The lowest BCUT2D eigenvalue weighted by Crippen LogP contribution is -2.25. The number of anilines is 1. The van der Waals surface area contributed by atoms with E-state index in [2.05, 4.69) is 10.4 Å². The van der Waals surface area contributed by atoms with E-state index in [9.17, 15) is 24.5 Å². The van der Waals surface area contributed by atoms with E-state index in [1.54, 1.807) is 36.6 Å². The van der Waals surface area contributed by atoms with Crippen LogP contribution < -0.4 is 15.6 Å². The van der Waals surface area contributed by atoms with E-state index in [1.807, 2.05) is 6.92 Å². The molecule has 0 aliphatic heterocycles. The first-order chi connectivity index (χ1) is 18.3. The fourth-order valence-corrected chi connectivity index (χ4v) is 4.49. The standard InChI is InChI=1S/C26H22N4O7S/c1-3-36-19-12-10-17(11-13-19)29-25(32)22-20(23(28-29)26(33)37-4-2)15-38-24(22)27-21(31)14-7-16-5-8-18(9-6-16)30(34)35/h5-15H,3-4H2,1-2H3,(H,27,31)/b14-7+. The summed E-state index contributed by atoms with van der Waals surface area (Å²) in [7, 11) is 0. The maximum absolute atomic E-state index is 13.5. The molecule has 0 fully saturated rings. The van der Waals surface area contributed by atoms with E-state index in [-0.39, 0.29) is 33.8 Å². The van der Waals surface area contributed by atoms with Gasteiger partial charge in [-0.1, -0.05) is 0 Å². The number of benzene rings is 2. The van der Waals surface area contributed by atoms with Crippen molar-refractivity contribution in [1.29, 1.82) is 0 Å². The summed E-state index contributed by atoms with van der Waals surface area (Å²) in [5.74, 6) is -0.626. The number of aromatic nitrogens is 2. The van der Waals surface area contributed by atoms with E-state index < -0.39 is 22.4 Å². The van der Waals surface area contributed by atoms with Crippen molar-refractivity contribution in [2.24, 2.45) is 0 Å². The number of nitro benzene ring substituents is 1. The number of hydrogen-bond donors (Lipinski definition) is 1.